The molecule has 0 saturated carbocycles. The summed E-state index contributed by atoms with van der Waals surface area (Å²) in [5.41, 5.74) is 8.25. The van der Waals surface area contributed by atoms with Crippen LogP contribution in [0.25, 0.3) is 0 Å². The lowest BCUT2D eigenvalue weighted by atomic mass is 10.2. The highest BCUT2D eigenvalue weighted by atomic mass is 16.2. The van der Waals surface area contributed by atoms with Crippen LogP contribution in [-0.4, -0.2) is 17.9 Å². The van der Waals surface area contributed by atoms with Crippen LogP contribution in [0.3, 0.4) is 0 Å². The minimum absolute atomic E-state index is 0.160. The molecular formula is C17H19N3O2. The molecule has 5 heteroatoms. The first-order chi connectivity index (χ1) is 10.5. The summed E-state index contributed by atoms with van der Waals surface area (Å²) in [6.07, 6.45) is 0. The highest BCUT2D eigenvalue weighted by Gasteiger charge is 2.13. The molecule has 0 aliphatic carbocycles. The number of nitrogens with one attached hydrogen (secondary N) is 2. The van der Waals surface area contributed by atoms with Gasteiger partial charge in [0.1, 0.15) is 6.04 Å². The van der Waals surface area contributed by atoms with E-state index in [2.05, 4.69) is 10.6 Å². The number of carbonyl (C=O) groups excluding carboxylic acids is 2. The van der Waals surface area contributed by atoms with Gasteiger partial charge in [-0.1, -0.05) is 17.7 Å². The van der Waals surface area contributed by atoms with Gasteiger partial charge in [0.25, 0.3) is 0 Å². The molecule has 0 heterocycles. The molecule has 2 rings (SSSR count). The van der Waals surface area contributed by atoms with Gasteiger partial charge in [0.2, 0.25) is 11.8 Å². The van der Waals surface area contributed by atoms with E-state index < -0.39 is 11.9 Å². The fraction of sp³-hybridized carbons (Fsp3) is 0.176. The average Bonchev–Trinajstić information content (AvgIpc) is 2.50. The maximum Gasteiger partial charge on any atom is 0.248 e. The molecule has 0 bridgehead atoms. The van der Waals surface area contributed by atoms with Gasteiger partial charge in [0.05, 0.1) is 0 Å². The van der Waals surface area contributed by atoms with Crippen LogP contribution in [0.15, 0.2) is 48.5 Å². The molecule has 0 radical (unpaired) electrons. The van der Waals surface area contributed by atoms with Crippen LogP contribution in [0.4, 0.5) is 11.4 Å². The molecule has 114 valence electrons. The number of anilines is 2. The number of hydrogen-bond acceptors (Lipinski definition) is 3. The van der Waals surface area contributed by atoms with E-state index in [4.69, 9.17) is 5.73 Å². The van der Waals surface area contributed by atoms with Crippen molar-refractivity contribution in [3.63, 3.8) is 0 Å². The monoisotopic (exact) mass is 297 g/mol. The van der Waals surface area contributed by atoms with Crippen LogP contribution >= 0.6 is 0 Å². The van der Waals surface area contributed by atoms with Crippen molar-refractivity contribution in [1.82, 2.24) is 0 Å². The number of amides is 2. The third-order valence-corrected chi connectivity index (χ3v) is 3.26. The Morgan fingerprint density at radius 2 is 1.50 bits per heavy atom. The van der Waals surface area contributed by atoms with Gasteiger partial charge in [-0.15, -0.1) is 0 Å². The van der Waals surface area contributed by atoms with Gasteiger partial charge < -0.3 is 16.4 Å². The van der Waals surface area contributed by atoms with Crippen molar-refractivity contribution in [2.75, 3.05) is 10.6 Å². The molecule has 0 aromatic heterocycles. The fourth-order valence-electron chi connectivity index (χ4n) is 1.93. The van der Waals surface area contributed by atoms with E-state index in [1.54, 1.807) is 31.2 Å². The van der Waals surface area contributed by atoms with Crippen LogP contribution in [-0.2, 0) is 4.79 Å². The molecule has 0 saturated heterocycles. The van der Waals surface area contributed by atoms with Crippen molar-refractivity contribution in [1.29, 1.82) is 0 Å². The maximum absolute atomic E-state index is 12.1. The van der Waals surface area contributed by atoms with Crippen LogP contribution in [0.2, 0.25) is 0 Å². The predicted octanol–water partition coefficient (Wildman–Crippen LogP) is 2.53. The summed E-state index contributed by atoms with van der Waals surface area (Å²) >= 11 is 0. The summed E-state index contributed by atoms with van der Waals surface area (Å²) < 4.78 is 0. The first-order valence-electron chi connectivity index (χ1n) is 6.99. The molecule has 0 aliphatic rings. The van der Waals surface area contributed by atoms with E-state index in [9.17, 15) is 9.59 Å². The number of benzene rings is 2. The summed E-state index contributed by atoms with van der Waals surface area (Å²) in [5.74, 6) is -0.653. The van der Waals surface area contributed by atoms with Crippen molar-refractivity contribution >= 4 is 23.2 Å². The highest BCUT2D eigenvalue weighted by Crippen LogP contribution is 2.12. The standard InChI is InChI=1S/C17H19N3O2/c1-11-3-7-14(8-4-11)19-12(2)17(22)20-15-9-5-13(6-10-15)16(18)21/h3-10,12,19H,1-2H3,(H2,18,21)(H,20,22). The lowest BCUT2D eigenvalue weighted by Gasteiger charge is -2.15. The number of rotatable bonds is 5. The molecule has 1 unspecified atom stereocenters. The highest BCUT2D eigenvalue weighted by molar-refractivity contribution is 5.97. The van der Waals surface area contributed by atoms with E-state index in [-0.39, 0.29) is 5.91 Å². The van der Waals surface area contributed by atoms with Gasteiger partial charge in [-0.2, -0.15) is 0 Å². The van der Waals surface area contributed by atoms with Crippen LogP contribution in [0.1, 0.15) is 22.8 Å². The lowest BCUT2D eigenvalue weighted by Crippen LogP contribution is -2.31. The normalized spacial score (nSPS) is 11.5. The van der Waals surface area contributed by atoms with Gasteiger partial charge in [-0.05, 0) is 50.2 Å². The molecule has 0 aliphatic heterocycles. The van der Waals surface area contributed by atoms with Gasteiger partial charge in [0.15, 0.2) is 0 Å². The molecule has 1 atom stereocenters. The molecule has 0 fully saturated rings. The third-order valence-electron chi connectivity index (χ3n) is 3.26. The molecular weight excluding hydrogens is 278 g/mol. The average molecular weight is 297 g/mol. The van der Waals surface area contributed by atoms with Gasteiger partial charge >= 0.3 is 0 Å². The molecule has 2 aromatic carbocycles. The second-order valence-corrected chi connectivity index (χ2v) is 5.16. The summed E-state index contributed by atoms with van der Waals surface area (Å²) in [6, 6.07) is 13.9. The van der Waals surface area contributed by atoms with Crippen LogP contribution in [0, 0.1) is 6.92 Å². The SMILES string of the molecule is Cc1ccc(NC(C)C(=O)Nc2ccc(C(N)=O)cc2)cc1. The zero-order valence-corrected chi connectivity index (χ0v) is 12.6. The number of hydrogen-bond donors (Lipinski definition) is 3. The molecule has 22 heavy (non-hydrogen) atoms. The first kappa shape index (κ1) is 15.6. The Balaban J connectivity index is 1.95. The molecule has 4 N–H and O–H groups in total. The van der Waals surface area contributed by atoms with Crippen molar-refractivity contribution < 1.29 is 9.59 Å². The minimum atomic E-state index is -0.493. The van der Waals surface area contributed by atoms with E-state index in [1.165, 1.54) is 0 Å². The second kappa shape index (κ2) is 6.76. The summed E-state index contributed by atoms with van der Waals surface area (Å²) in [4.78, 5) is 23.1. The maximum atomic E-state index is 12.1. The number of aryl methyl sites for hydroxylation is 1. The molecule has 0 spiro atoms. The van der Waals surface area contributed by atoms with E-state index in [0.29, 0.717) is 11.3 Å². The van der Waals surface area contributed by atoms with Gasteiger partial charge in [-0.3, -0.25) is 9.59 Å². The summed E-state index contributed by atoms with van der Waals surface area (Å²) in [7, 11) is 0. The Labute approximate surface area is 129 Å². The Hall–Kier alpha value is -2.82. The van der Waals surface area contributed by atoms with Gasteiger partial charge in [-0.25, -0.2) is 0 Å². The minimum Gasteiger partial charge on any atom is -0.374 e. The van der Waals surface area contributed by atoms with Crippen LogP contribution in [0.5, 0.6) is 0 Å². The van der Waals surface area contributed by atoms with E-state index in [1.807, 2.05) is 31.2 Å². The van der Waals surface area contributed by atoms with Gasteiger partial charge in [0, 0.05) is 16.9 Å². The van der Waals surface area contributed by atoms with Crippen LogP contribution < -0.4 is 16.4 Å². The number of carbonyl (C=O) groups is 2. The lowest BCUT2D eigenvalue weighted by molar-refractivity contribution is -0.116. The topological polar surface area (TPSA) is 84.2 Å². The fourth-order valence-corrected chi connectivity index (χ4v) is 1.93. The Bertz CT molecular complexity index is 663. The smallest absolute Gasteiger partial charge is 0.248 e. The Kier molecular flexibility index (Phi) is 4.78. The predicted molar refractivity (Wildman–Crippen MR) is 87.9 cm³/mol. The Morgan fingerprint density at radius 3 is 2.05 bits per heavy atom. The zero-order chi connectivity index (χ0) is 16.1. The van der Waals surface area contributed by atoms with E-state index in [0.717, 1.165) is 11.3 Å². The first-order valence-corrected chi connectivity index (χ1v) is 6.99. The quantitative estimate of drug-likeness (QED) is 0.793. The third kappa shape index (κ3) is 4.09. The largest absolute Gasteiger partial charge is 0.374 e. The Morgan fingerprint density at radius 1 is 0.955 bits per heavy atom. The van der Waals surface area contributed by atoms with Crippen molar-refractivity contribution in [2.24, 2.45) is 5.73 Å². The van der Waals surface area contributed by atoms with Crippen molar-refractivity contribution in [3.05, 3.63) is 59.7 Å². The molecule has 2 amide bonds. The summed E-state index contributed by atoms with van der Waals surface area (Å²) in [5, 5.41) is 5.92. The number of nitrogens with two attached hydrogens (primary N) is 1. The van der Waals surface area contributed by atoms with E-state index >= 15 is 0 Å². The second-order valence-electron chi connectivity index (χ2n) is 5.16. The number of primary amides is 1. The summed E-state index contributed by atoms with van der Waals surface area (Å²) in [6.45, 7) is 3.79. The zero-order valence-electron chi connectivity index (χ0n) is 12.6. The molecule has 5 nitrogen and oxygen atoms in total. The van der Waals surface area contributed by atoms with Crippen molar-refractivity contribution in [3.8, 4) is 0 Å². The molecule has 2 aromatic rings. The van der Waals surface area contributed by atoms with Crippen molar-refractivity contribution in [2.45, 2.75) is 19.9 Å².